The van der Waals surface area contributed by atoms with Crippen LogP contribution in [0.1, 0.15) is 12.5 Å². The van der Waals surface area contributed by atoms with E-state index in [0.717, 1.165) is 0 Å². The number of benzene rings is 1. The van der Waals surface area contributed by atoms with Crippen molar-refractivity contribution in [3.05, 3.63) is 33.9 Å². The van der Waals surface area contributed by atoms with Gasteiger partial charge < -0.3 is 10.4 Å². The van der Waals surface area contributed by atoms with Gasteiger partial charge in [-0.1, -0.05) is 0 Å². The predicted octanol–water partition coefficient (Wildman–Crippen LogP) is 1.26. The van der Waals surface area contributed by atoms with E-state index < -0.39 is 4.92 Å². The summed E-state index contributed by atoms with van der Waals surface area (Å²) in [4.78, 5) is 10.2. The first-order valence-electron chi connectivity index (χ1n) is 4.64. The summed E-state index contributed by atoms with van der Waals surface area (Å²) in [5.74, 6) is 0. The first kappa shape index (κ1) is 11.9. The lowest BCUT2D eigenvalue weighted by Gasteiger charge is -2.12. The lowest BCUT2D eigenvalue weighted by atomic mass is 10.1. The zero-order valence-corrected chi connectivity index (χ0v) is 8.67. The third-order valence-electron chi connectivity index (χ3n) is 2.00. The second-order valence-corrected chi connectivity index (χ2v) is 3.33. The molecule has 0 bridgehead atoms. The van der Waals surface area contributed by atoms with E-state index in [1.807, 2.05) is 6.07 Å². The van der Waals surface area contributed by atoms with Gasteiger partial charge in [0.25, 0.3) is 5.69 Å². The number of hydrogen-bond acceptors (Lipinski definition) is 5. The van der Waals surface area contributed by atoms with Gasteiger partial charge in [0, 0.05) is 12.1 Å². The Hall–Kier alpha value is -2.13. The summed E-state index contributed by atoms with van der Waals surface area (Å²) in [6.45, 7) is 1.57. The van der Waals surface area contributed by atoms with Gasteiger partial charge in [-0.05, 0) is 19.1 Å². The lowest BCUT2D eigenvalue weighted by molar-refractivity contribution is -0.384. The summed E-state index contributed by atoms with van der Waals surface area (Å²) in [5.41, 5.74) is 0.360. The van der Waals surface area contributed by atoms with Crippen molar-refractivity contribution in [2.45, 2.75) is 13.0 Å². The second-order valence-electron chi connectivity index (χ2n) is 3.33. The van der Waals surface area contributed by atoms with Crippen molar-refractivity contribution >= 4 is 11.4 Å². The van der Waals surface area contributed by atoms with Crippen molar-refractivity contribution in [1.82, 2.24) is 0 Å². The highest BCUT2D eigenvalue weighted by molar-refractivity contribution is 5.64. The van der Waals surface area contributed by atoms with Crippen molar-refractivity contribution in [3.8, 4) is 6.07 Å². The van der Waals surface area contributed by atoms with E-state index in [2.05, 4.69) is 5.32 Å². The molecule has 0 aliphatic carbocycles. The number of nitro benzene ring substituents is 1. The van der Waals surface area contributed by atoms with Gasteiger partial charge in [-0.2, -0.15) is 5.26 Å². The Bertz CT molecular complexity index is 439. The molecule has 0 spiro atoms. The Kier molecular flexibility index (Phi) is 3.80. The number of rotatable bonds is 4. The topological polar surface area (TPSA) is 99.2 Å². The van der Waals surface area contributed by atoms with Crippen molar-refractivity contribution in [3.63, 3.8) is 0 Å². The molecular weight excluding hydrogens is 210 g/mol. The Labute approximate surface area is 92.3 Å². The molecule has 6 nitrogen and oxygen atoms in total. The third kappa shape index (κ3) is 2.68. The van der Waals surface area contributed by atoms with E-state index in [-0.39, 0.29) is 23.9 Å². The Morgan fingerprint density at radius 1 is 1.69 bits per heavy atom. The standard InChI is InChI=1S/C10H11N3O3/c1-7(6-14)12-9-3-2-8(5-11)4-10(9)13(15)16/h2-4,7,12,14H,6H2,1H3/t7-/m1/s1. The van der Waals surface area contributed by atoms with Gasteiger partial charge in [0.05, 0.1) is 23.2 Å². The smallest absolute Gasteiger partial charge is 0.293 e. The minimum absolute atomic E-state index is 0.128. The van der Waals surface area contributed by atoms with Crippen LogP contribution in [0.2, 0.25) is 0 Å². The normalized spacial score (nSPS) is 11.6. The number of aliphatic hydroxyl groups is 1. The molecule has 6 heteroatoms. The fraction of sp³-hybridized carbons (Fsp3) is 0.300. The number of nitriles is 1. The van der Waals surface area contributed by atoms with Crippen LogP contribution in [-0.2, 0) is 0 Å². The summed E-state index contributed by atoms with van der Waals surface area (Å²) in [6, 6.07) is 5.70. The van der Waals surface area contributed by atoms with Gasteiger partial charge in [0.2, 0.25) is 0 Å². The minimum Gasteiger partial charge on any atom is -0.394 e. The average Bonchev–Trinajstić information content (AvgIpc) is 2.29. The van der Waals surface area contributed by atoms with Crippen LogP contribution < -0.4 is 5.32 Å². The number of anilines is 1. The molecule has 0 unspecified atom stereocenters. The SMILES string of the molecule is C[C@H](CO)Nc1ccc(C#N)cc1[N+](=O)[O-]. The number of nitrogens with one attached hydrogen (secondary N) is 1. The molecule has 0 aliphatic rings. The Morgan fingerprint density at radius 2 is 2.38 bits per heavy atom. The van der Waals surface area contributed by atoms with Crippen LogP contribution in [-0.4, -0.2) is 22.7 Å². The zero-order chi connectivity index (χ0) is 12.1. The highest BCUT2D eigenvalue weighted by atomic mass is 16.6. The number of aliphatic hydroxyl groups excluding tert-OH is 1. The first-order valence-corrected chi connectivity index (χ1v) is 4.64. The van der Waals surface area contributed by atoms with Crippen molar-refractivity contribution in [1.29, 1.82) is 5.26 Å². The predicted molar refractivity (Wildman–Crippen MR) is 58.0 cm³/mol. The van der Waals surface area contributed by atoms with Gasteiger partial charge >= 0.3 is 0 Å². The summed E-state index contributed by atoms with van der Waals surface area (Å²) < 4.78 is 0. The van der Waals surface area contributed by atoms with Crippen LogP contribution in [0, 0.1) is 21.4 Å². The maximum Gasteiger partial charge on any atom is 0.293 e. The van der Waals surface area contributed by atoms with Crippen LogP contribution in [0.15, 0.2) is 18.2 Å². The maximum absolute atomic E-state index is 10.8. The third-order valence-corrected chi connectivity index (χ3v) is 2.00. The minimum atomic E-state index is -0.562. The fourth-order valence-corrected chi connectivity index (χ4v) is 1.19. The zero-order valence-electron chi connectivity index (χ0n) is 8.67. The molecule has 0 saturated heterocycles. The van der Waals surface area contributed by atoms with Crippen LogP contribution in [0.25, 0.3) is 0 Å². The molecule has 0 heterocycles. The monoisotopic (exact) mass is 221 g/mol. The highest BCUT2D eigenvalue weighted by Gasteiger charge is 2.15. The quantitative estimate of drug-likeness (QED) is 0.589. The lowest BCUT2D eigenvalue weighted by Crippen LogP contribution is -2.19. The van der Waals surface area contributed by atoms with Gasteiger partial charge in [0.15, 0.2) is 0 Å². The van der Waals surface area contributed by atoms with Gasteiger partial charge in [-0.3, -0.25) is 10.1 Å². The largest absolute Gasteiger partial charge is 0.394 e. The van der Waals surface area contributed by atoms with Gasteiger partial charge in [-0.15, -0.1) is 0 Å². The fourth-order valence-electron chi connectivity index (χ4n) is 1.19. The molecule has 1 aromatic carbocycles. The molecule has 0 fully saturated rings. The maximum atomic E-state index is 10.8. The molecule has 0 radical (unpaired) electrons. The van der Waals surface area contributed by atoms with E-state index in [1.165, 1.54) is 18.2 Å². The Morgan fingerprint density at radius 3 is 2.88 bits per heavy atom. The first-order chi connectivity index (χ1) is 7.58. The molecule has 0 saturated carbocycles. The number of nitrogens with zero attached hydrogens (tertiary/aromatic N) is 2. The highest BCUT2D eigenvalue weighted by Crippen LogP contribution is 2.25. The summed E-state index contributed by atoms with van der Waals surface area (Å²) >= 11 is 0. The molecular formula is C10H11N3O3. The Balaban J connectivity index is 3.09. The second kappa shape index (κ2) is 5.09. The summed E-state index contributed by atoms with van der Waals surface area (Å²) in [7, 11) is 0. The summed E-state index contributed by atoms with van der Waals surface area (Å²) in [6.07, 6.45) is 0. The van der Waals surface area contributed by atoms with Crippen molar-refractivity contribution in [2.75, 3.05) is 11.9 Å². The van der Waals surface area contributed by atoms with Gasteiger partial charge in [0.1, 0.15) is 5.69 Å². The van der Waals surface area contributed by atoms with Gasteiger partial charge in [-0.25, -0.2) is 0 Å². The molecule has 0 aliphatic heterocycles. The molecule has 0 amide bonds. The van der Waals surface area contributed by atoms with E-state index in [9.17, 15) is 10.1 Å². The van der Waals surface area contributed by atoms with Crippen LogP contribution in [0.4, 0.5) is 11.4 Å². The molecule has 1 aromatic rings. The van der Waals surface area contributed by atoms with E-state index in [4.69, 9.17) is 10.4 Å². The van der Waals surface area contributed by atoms with Crippen LogP contribution in [0.5, 0.6) is 0 Å². The van der Waals surface area contributed by atoms with E-state index >= 15 is 0 Å². The molecule has 1 rings (SSSR count). The molecule has 2 N–H and O–H groups in total. The summed E-state index contributed by atoms with van der Waals surface area (Å²) in [5, 5.41) is 31.0. The average molecular weight is 221 g/mol. The van der Waals surface area contributed by atoms with E-state index in [1.54, 1.807) is 6.92 Å². The number of hydrogen-bond donors (Lipinski definition) is 2. The molecule has 1 atom stereocenters. The van der Waals surface area contributed by atoms with E-state index in [0.29, 0.717) is 5.69 Å². The number of nitro groups is 1. The van der Waals surface area contributed by atoms with Crippen molar-refractivity contribution in [2.24, 2.45) is 0 Å². The van der Waals surface area contributed by atoms with Crippen LogP contribution >= 0.6 is 0 Å². The van der Waals surface area contributed by atoms with Crippen LogP contribution in [0.3, 0.4) is 0 Å². The molecule has 16 heavy (non-hydrogen) atoms. The molecule has 84 valence electrons. The van der Waals surface area contributed by atoms with Crippen molar-refractivity contribution < 1.29 is 10.0 Å². The molecule has 0 aromatic heterocycles.